The number of carbonyl (C=O) groups is 2. The zero-order valence-electron chi connectivity index (χ0n) is 9.60. The first kappa shape index (κ1) is 14.3. The van der Waals surface area contributed by atoms with Crippen molar-refractivity contribution in [3.63, 3.8) is 0 Å². The zero-order valence-corrected chi connectivity index (χ0v) is 9.60. The Balaban J connectivity index is 0.000000385. The minimum absolute atomic E-state index is 0.333. The summed E-state index contributed by atoms with van der Waals surface area (Å²) in [7, 11) is 0. The molecule has 0 spiro atoms. The Bertz CT molecular complexity index is 320. The lowest BCUT2D eigenvalue weighted by Gasteiger charge is -1.92. The lowest BCUT2D eigenvalue weighted by Crippen LogP contribution is -2.22. The summed E-state index contributed by atoms with van der Waals surface area (Å²) in [5, 5.41) is 0. The fourth-order valence-corrected chi connectivity index (χ4v) is 0.936. The molecule has 0 fully saturated rings. The molecular formula is C12H17NO3. The number of hydrogen-bond donors (Lipinski definition) is 1. The second-order valence-corrected chi connectivity index (χ2v) is 2.84. The maximum atomic E-state index is 10.9. The normalized spacial score (nSPS) is 8.88. The van der Waals surface area contributed by atoms with Gasteiger partial charge in [-0.05, 0) is 13.8 Å². The molecule has 1 rings (SSSR count). The first-order chi connectivity index (χ1) is 7.63. The fourth-order valence-electron chi connectivity index (χ4n) is 0.936. The van der Waals surface area contributed by atoms with Crippen molar-refractivity contribution in [1.82, 2.24) is 0 Å². The summed E-state index contributed by atoms with van der Waals surface area (Å²) in [6.45, 7) is 5.67. The number of ketones is 1. The molecule has 0 aliphatic rings. The van der Waals surface area contributed by atoms with Gasteiger partial charge in [-0.25, -0.2) is 0 Å². The quantitative estimate of drug-likeness (QED) is 0.619. The van der Waals surface area contributed by atoms with Crippen molar-refractivity contribution in [1.29, 1.82) is 0 Å². The number of primary amides is 1. The predicted octanol–water partition coefficient (Wildman–Crippen LogP) is 1.40. The van der Waals surface area contributed by atoms with E-state index in [1.165, 1.54) is 0 Å². The molecule has 88 valence electrons. The molecule has 4 nitrogen and oxygen atoms in total. The highest BCUT2D eigenvalue weighted by Gasteiger charge is 2.09. The lowest BCUT2D eigenvalue weighted by molar-refractivity contribution is -0.114. The maximum absolute atomic E-state index is 10.9. The number of amides is 1. The molecule has 0 aromatic heterocycles. The van der Waals surface area contributed by atoms with Gasteiger partial charge < -0.3 is 10.5 Å². The number of nitrogens with two attached hydrogens (primary N) is 1. The van der Waals surface area contributed by atoms with Crippen molar-refractivity contribution in [2.45, 2.75) is 13.8 Å². The second-order valence-electron chi connectivity index (χ2n) is 2.84. The van der Waals surface area contributed by atoms with Crippen molar-refractivity contribution in [3.8, 4) is 0 Å². The van der Waals surface area contributed by atoms with Gasteiger partial charge in [0.15, 0.2) is 0 Å². The predicted molar refractivity (Wildman–Crippen MR) is 62.1 cm³/mol. The molecule has 1 aromatic carbocycles. The highest BCUT2D eigenvalue weighted by Crippen LogP contribution is 1.98. The van der Waals surface area contributed by atoms with E-state index in [9.17, 15) is 9.59 Å². The molecule has 0 atom stereocenters. The molecule has 0 aliphatic heterocycles. The number of Topliss-reactive ketones (excluding diaryl/α,β-unsaturated/α-hetero) is 1. The Morgan fingerprint density at radius 1 is 1.12 bits per heavy atom. The summed E-state index contributed by atoms with van der Waals surface area (Å²) in [5.74, 6) is -1.57. The summed E-state index contributed by atoms with van der Waals surface area (Å²) >= 11 is 0. The van der Waals surface area contributed by atoms with Gasteiger partial charge in [0, 0.05) is 18.8 Å². The largest absolute Gasteiger partial charge is 0.382 e. The van der Waals surface area contributed by atoms with Gasteiger partial charge >= 0.3 is 0 Å². The molecule has 0 saturated heterocycles. The third-order valence-electron chi connectivity index (χ3n) is 1.67. The van der Waals surface area contributed by atoms with Gasteiger partial charge in [-0.1, -0.05) is 30.3 Å². The van der Waals surface area contributed by atoms with Crippen LogP contribution in [-0.4, -0.2) is 24.9 Å². The summed E-state index contributed by atoms with van der Waals surface area (Å²) < 4.78 is 4.83. The minimum Gasteiger partial charge on any atom is -0.382 e. The van der Waals surface area contributed by atoms with Crippen LogP contribution in [0.25, 0.3) is 0 Å². The summed E-state index contributed by atoms with van der Waals surface area (Å²) in [6.07, 6.45) is 0. The third-order valence-corrected chi connectivity index (χ3v) is 1.67. The van der Waals surface area contributed by atoms with Gasteiger partial charge in [-0.2, -0.15) is 0 Å². The summed E-state index contributed by atoms with van der Waals surface area (Å²) in [6, 6.07) is 8.21. The van der Waals surface area contributed by atoms with Crippen molar-refractivity contribution in [2.75, 3.05) is 13.2 Å². The van der Waals surface area contributed by atoms with Crippen molar-refractivity contribution in [3.05, 3.63) is 35.9 Å². The van der Waals surface area contributed by atoms with Crippen LogP contribution < -0.4 is 5.73 Å². The second kappa shape index (κ2) is 8.61. The number of ether oxygens (including phenoxy) is 1. The van der Waals surface area contributed by atoms with Crippen molar-refractivity contribution in [2.24, 2.45) is 5.73 Å². The highest BCUT2D eigenvalue weighted by atomic mass is 16.5. The van der Waals surface area contributed by atoms with Crippen LogP contribution in [0.2, 0.25) is 0 Å². The van der Waals surface area contributed by atoms with Gasteiger partial charge in [0.2, 0.25) is 5.78 Å². The van der Waals surface area contributed by atoms with Crippen LogP contribution in [0.3, 0.4) is 0 Å². The number of rotatable bonds is 4. The van der Waals surface area contributed by atoms with Crippen LogP contribution in [0.1, 0.15) is 24.2 Å². The molecule has 0 unspecified atom stereocenters. The number of benzene rings is 1. The Morgan fingerprint density at radius 3 is 1.94 bits per heavy atom. The van der Waals surface area contributed by atoms with Crippen LogP contribution in [0.5, 0.6) is 0 Å². The lowest BCUT2D eigenvalue weighted by atomic mass is 10.1. The number of carbonyl (C=O) groups excluding carboxylic acids is 2. The van der Waals surface area contributed by atoms with Crippen LogP contribution in [-0.2, 0) is 9.53 Å². The smallest absolute Gasteiger partial charge is 0.289 e. The van der Waals surface area contributed by atoms with E-state index in [0.717, 1.165) is 13.2 Å². The molecule has 0 radical (unpaired) electrons. The van der Waals surface area contributed by atoms with Gasteiger partial charge in [-0.15, -0.1) is 0 Å². The first-order valence-electron chi connectivity index (χ1n) is 5.10. The van der Waals surface area contributed by atoms with E-state index in [1.807, 2.05) is 13.8 Å². The van der Waals surface area contributed by atoms with Gasteiger partial charge in [0.1, 0.15) is 0 Å². The van der Waals surface area contributed by atoms with Crippen LogP contribution in [0.15, 0.2) is 30.3 Å². The zero-order chi connectivity index (χ0) is 12.4. The fraction of sp³-hybridized carbons (Fsp3) is 0.333. The Labute approximate surface area is 95.4 Å². The molecule has 1 aromatic rings. The van der Waals surface area contributed by atoms with E-state index in [-0.39, 0.29) is 0 Å². The van der Waals surface area contributed by atoms with E-state index in [4.69, 9.17) is 10.5 Å². The molecular weight excluding hydrogens is 206 g/mol. The molecule has 0 bridgehead atoms. The Hall–Kier alpha value is -1.68. The van der Waals surface area contributed by atoms with Gasteiger partial charge in [0.05, 0.1) is 0 Å². The molecule has 0 aliphatic carbocycles. The maximum Gasteiger partial charge on any atom is 0.289 e. The molecule has 4 heteroatoms. The van der Waals surface area contributed by atoms with Gasteiger partial charge in [-0.3, -0.25) is 9.59 Å². The molecule has 0 heterocycles. The van der Waals surface area contributed by atoms with Crippen LogP contribution in [0, 0.1) is 0 Å². The Kier molecular flexibility index (Phi) is 7.71. The third kappa shape index (κ3) is 5.93. The number of hydrogen-bond acceptors (Lipinski definition) is 3. The average Bonchev–Trinajstić information content (AvgIpc) is 2.31. The standard InChI is InChI=1S/C8H7NO2.C4H10O/c9-8(11)7(10)6-4-2-1-3-5-6;1-3-5-4-2/h1-5H,(H2,9,11);3-4H2,1-2H3. The molecule has 1 amide bonds. The van der Waals surface area contributed by atoms with E-state index in [0.29, 0.717) is 5.56 Å². The van der Waals surface area contributed by atoms with E-state index < -0.39 is 11.7 Å². The summed E-state index contributed by atoms with van der Waals surface area (Å²) in [4.78, 5) is 21.2. The monoisotopic (exact) mass is 223 g/mol. The van der Waals surface area contributed by atoms with Crippen LogP contribution in [0.4, 0.5) is 0 Å². The topological polar surface area (TPSA) is 69.4 Å². The highest BCUT2D eigenvalue weighted by molar-refractivity contribution is 6.42. The molecule has 16 heavy (non-hydrogen) atoms. The van der Waals surface area contributed by atoms with E-state index >= 15 is 0 Å². The molecule has 0 saturated carbocycles. The van der Waals surface area contributed by atoms with E-state index in [2.05, 4.69) is 0 Å². The van der Waals surface area contributed by atoms with E-state index in [1.54, 1.807) is 30.3 Å². The average molecular weight is 223 g/mol. The van der Waals surface area contributed by atoms with Crippen molar-refractivity contribution < 1.29 is 14.3 Å². The van der Waals surface area contributed by atoms with Crippen LogP contribution >= 0.6 is 0 Å². The van der Waals surface area contributed by atoms with Crippen molar-refractivity contribution >= 4 is 11.7 Å². The SMILES string of the molecule is CCOCC.NC(=O)C(=O)c1ccccc1. The summed E-state index contributed by atoms with van der Waals surface area (Å²) in [5.41, 5.74) is 5.11. The van der Waals surface area contributed by atoms with Gasteiger partial charge in [0.25, 0.3) is 5.91 Å². The Morgan fingerprint density at radius 2 is 1.62 bits per heavy atom. The molecule has 2 N–H and O–H groups in total. The first-order valence-corrected chi connectivity index (χ1v) is 5.10. The minimum atomic E-state index is -0.920.